The van der Waals surface area contributed by atoms with Crippen molar-refractivity contribution in [2.24, 2.45) is 0 Å². The molecule has 4 nitrogen and oxygen atoms in total. The van der Waals surface area contributed by atoms with Crippen LogP contribution in [-0.4, -0.2) is 36.2 Å². The molecule has 0 spiro atoms. The summed E-state index contributed by atoms with van der Waals surface area (Å²) in [7, 11) is 0. The van der Waals surface area contributed by atoms with Gasteiger partial charge in [-0.05, 0) is 19.3 Å². The normalized spacial score (nSPS) is 27.5. The van der Waals surface area contributed by atoms with Crippen LogP contribution in [0.2, 0.25) is 0 Å². The van der Waals surface area contributed by atoms with Crippen molar-refractivity contribution in [2.45, 2.75) is 38.3 Å². The third-order valence-electron chi connectivity index (χ3n) is 2.38. The number of hydrogen-bond acceptors (Lipinski definition) is 3. The first-order valence-electron chi connectivity index (χ1n) is 4.86. The average molecular weight is 186 g/mol. The van der Waals surface area contributed by atoms with Crippen molar-refractivity contribution < 1.29 is 9.90 Å². The zero-order valence-electron chi connectivity index (χ0n) is 8.05. The summed E-state index contributed by atoms with van der Waals surface area (Å²) in [5, 5.41) is 15.4. The first kappa shape index (κ1) is 10.5. The minimum atomic E-state index is -0.197. The first-order chi connectivity index (χ1) is 6.20. The van der Waals surface area contributed by atoms with E-state index in [1.807, 2.05) is 0 Å². The Morgan fingerprint density at radius 1 is 1.46 bits per heavy atom. The van der Waals surface area contributed by atoms with Gasteiger partial charge in [0, 0.05) is 26.1 Å². The second-order valence-electron chi connectivity index (χ2n) is 3.54. The van der Waals surface area contributed by atoms with Crippen molar-refractivity contribution in [3.05, 3.63) is 0 Å². The van der Waals surface area contributed by atoms with Gasteiger partial charge in [-0.15, -0.1) is 0 Å². The lowest BCUT2D eigenvalue weighted by atomic mass is 10.2. The molecular formula is C9H18N2O2. The van der Waals surface area contributed by atoms with Gasteiger partial charge in [-0.1, -0.05) is 0 Å². The highest BCUT2D eigenvalue weighted by atomic mass is 16.3. The van der Waals surface area contributed by atoms with Gasteiger partial charge in [0.2, 0.25) is 5.91 Å². The van der Waals surface area contributed by atoms with Gasteiger partial charge in [0.05, 0.1) is 6.10 Å². The van der Waals surface area contributed by atoms with Crippen molar-refractivity contribution in [3.8, 4) is 0 Å². The molecule has 0 heterocycles. The maximum absolute atomic E-state index is 10.5. The average Bonchev–Trinajstić information content (AvgIpc) is 2.45. The van der Waals surface area contributed by atoms with Crippen molar-refractivity contribution in [1.29, 1.82) is 0 Å². The van der Waals surface area contributed by atoms with Crippen LogP contribution in [-0.2, 0) is 4.79 Å². The van der Waals surface area contributed by atoms with E-state index in [-0.39, 0.29) is 18.1 Å². The monoisotopic (exact) mass is 186 g/mol. The Hall–Kier alpha value is -0.610. The van der Waals surface area contributed by atoms with E-state index in [0.29, 0.717) is 6.54 Å². The molecule has 2 unspecified atom stereocenters. The minimum absolute atomic E-state index is 0.00577. The summed E-state index contributed by atoms with van der Waals surface area (Å²) in [6.07, 6.45) is 2.84. The summed E-state index contributed by atoms with van der Waals surface area (Å²) in [5.74, 6) is -0.00577. The molecule has 2 atom stereocenters. The molecule has 0 aromatic carbocycles. The van der Waals surface area contributed by atoms with E-state index < -0.39 is 0 Å². The molecule has 1 rings (SSSR count). The Balaban J connectivity index is 2.02. The molecule has 0 radical (unpaired) electrons. The lowest BCUT2D eigenvalue weighted by Crippen LogP contribution is -2.40. The van der Waals surface area contributed by atoms with Crippen molar-refractivity contribution >= 4 is 5.91 Å². The maximum Gasteiger partial charge on any atom is 0.216 e. The number of aliphatic hydroxyl groups excluding tert-OH is 1. The highest BCUT2D eigenvalue weighted by molar-refractivity contribution is 5.72. The van der Waals surface area contributed by atoms with Crippen LogP contribution < -0.4 is 10.6 Å². The molecule has 0 saturated heterocycles. The zero-order valence-corrected chi connectivity index (χ0v) is 8.05. The molecule has 4 heteroatoms. The van der Waals surface area contributed by atoms with Crippen molar-refractivity contribution in [2.75, 3.05) is 13.1 Å². The highest BCUT2D eigenvalue weighted by Gasteiger charge is 2.23. The molecule has 1 saturated carbocycles. The summed E-state index contributed by atoms with van der Waals surface area (Å²) >= 11 is 0. The summed E-state index contributed by atoms with van der Waals surface area (Å²) in [4.78, 5) is 10.5. The van der Waals surface area contributed by atoms with Gasteiger partial charge in [-0.3, -0.25) is 4.79 Å². The zero-order chi connectivity index (χ0) is 9.68. The smallest absolute Gasteiger partial charge is 0.216 e. The fourth-order valence-electron chi connectivity index (χ4n) is 1.67. The lowest BCUT2D eigenvalue weighted by molar-refractivity contribution is -0.118. The fraction of sp³-hybridized carbons (Fsp3) is 0.889. The first-order valence-corrected chi connectivity index (χ1v) is 4.86. The molecule has 1 fully saturated rings. The van der Waals surface area contributed by atoms with Gasteiger partial charge in [-0.25, -0.2) is 0 Å². The summed E-state index contributed by atoms with van der Waals surface area (Å²) in [5.41, 5.74) is 0. The Morgan fingerprint density at radius 3 is 2.77 bits per heavy atom. The molecule has 0 aromatic heterocycles. The van der Waals surface area contributed by atoms with Crippen LogP contribution in [0.1, 0.15) is 26.2 Å². The molecule has 76 valence electrons. The predicted molar refractivity (Wildman–Crippen MR) is 50.3 cm³/mol. The van der Waals surface area contributed by atoms with E-state index in [0.717, 1.165) is 25.8 Å². The molecule has 1 aliphatic rings. The third kappa shape index (κ3) is 3.74. The summed E-state index contributed by atoms with van der Waals surface area (Å²) < 4.78 is 0. The number of carbonyl (C=O) groups excluding carboxylic acids is 1. The van der Waals surface area contributed by atoms with Gasteiger partial charge in [0.1, 0.15) is 0 Å². The number of amides is 1. The lowest BCUT2D eigenvalue weighted by Gasteiger charge is -2.16. The van der Waals surface area contributed by atoms with Crippen molar-refractivity contribution in [1.82, 2.24) is 10.6 Å². The maximum atomic E-state index is 10.5. The van der Waals surface area contributed by atoms with Crippen LogP contribution in [0.4, 0.5) is 0 Å². The van der Waals surface area contributed by atoms with E-state index in [2.05, 4.69) is 10.6 Å². The molecule has 0 aliphatic heterocycles. The quantitative estimate of drug-likeness (QED) is 0.525. The second kappa shape index (κ2) is 5.19. The predicted octanol–water partition coefficient (Wildman–Crippen LogP) is -0.374. The molecular weight excluding hydrogens is 168 g/mol. The van der Waals surface area contributed by atoms with Gasteiger partial charge in [0.25, 0.3) is 0 Å². The Bertz CT molecular complexity index is 173. The van der Waals surface area contributed by atoms with E-state index in [1.54, 1.807) is 0 Å². The topological polar surface area (TPSA) is 61.4 Å². The van der Waals surface area contributed by atoms with Crippen LogP contribution in [0.3, 0.4) is 0 Å². The number of carbonyl (C=O) groups is 1. The highest BCUT2D eigenvalue weighted by Crippen LogP contribution is 2.18. The van der Waals surface area contributed by atoms with E-state index >= 15 is 0 Å². The van der Waals surface area contributed by atoms with Crippen LogP contribution >= 0.6 is 0 Å². The van der Waals surface area contributed by atoms with E-state index in [4.69, 9.17) is 0 Å². The Morgan fingerprint density at radius 2 is 2.23 bits per heavy atom. The van der Waals surface area contributed by atoms with Gasteiger partial charge in [0.15, 0.2) is 0 Å². The summed E-state index contributed by atoms with van der Waals surface area (Å²) in [6.45, 7) is 2.88. The summed E-state index contributed by atoms with van der Waals surface area (Å²) in [6, 6.07) is 0.230. The largest absolute Gasteiger partial charge is 0.392 e. The number of hydrogen-bond donors (Lipinski definition) is 3. The molecule has 3 N–H and O–H groups in total. The van der Waals surface area contributed by atoms with Gasteiger partial charge >= 0.3 is 0 Å². The third-order valence-corrected chi connectivity index (χ3v) is 2.38. The van der Waals surface area contributed by atoms with E-state index in [1.165, 1.54) is 6.92 Å². The molecule has 1 amide bonds. The van der Waals surface area contributed by atoms with E-state index in [9.17, 15) is 9.90 Å². The molecule has 1 aliphatic carbocycles. The number of aliphatic hydroxyl groups is 1. The molecule has 0 aromatic rings. The SMILES string of the molecule is CC(=O)NCCNC1CCCC1O. The van der Waals surface area contributed by atoms with Crippen LogP contribution in [0.25, 0.3) is 0 Å². The van der Waals surface area contributed by atoms with Crippen LogP contribution in [0.15, 0.2) is 0 Å². The number of nitrogens with one attached hydrogen (secondary N) is 2. The van der Waals surface area contributed by atoms with Crippen molar-refractivity contribution in [3.63, 3.8) is 0 Å². The minimum Gasteiger partial charge on any atom is -0.392 e. The molecule has 0 bridgehead atoms. The van der Waals surface area contributed by atoms with Crippen LogP contribution in [0, 0.1) is 0 Å². The van der Waals surface area contributed by atoms with Gasteiger partial charge in [-0.2, -0.15) is 0 Å². The van der Waals surface area contributed by atoms with Gasteiger partial charge < -0.3 is 15.7 Å². The Labute approximate surface area is 78.7 Å². The standard InChI is InChI=1S/C9H18N2O2/c1-7(12)10-5-6-11-8-3-2-4-9(8)13/h8-9,11,13H,2-6H2,1H3,(H,10,12). The second-order valence-corrected chi connectivity index (χ2v) is 3.54. The Kier molecular flexibility index (Phi) is 4.18. The van der Waals surface area contributed by atoms with Crippen LogP contribution in [0.5, 0.6) is 0 Å². The fourth-order valence-corrected chi connectivity index (χ4v) is 1.67. The molecule has 13 heavy (non-hydrogen) atoms. The number of rotatable bonds is 4.